The Morgan fingerprint density at radius 1 is 1.43 bits per heavy atom. The van der Waals surface area contributed by atoms with Crippen LogP contribution in [0.4, 0.5) is 0 Å². The summed E-state index contributed by atoms with van der Waals surface area (Å²) in [6, 6.07) is 0. The lowest BCUT2D eigenvalue weighted by Gasteiger charge is -1.96. The highest BCUT2D eigenvalue weighted by Crippen LogP contribution is 2.64. The molecule has 0 unspecified atom stereocenters. The van der Waals surface area contributed by atoms with Crippen molar-refractivity contribution in [3.63, 3.8) is 0 Å². The highest BCUT2D eigenvalue weighted by molar-refractivity contribution is 6.53. The van der Waals surface area contributed by atoms with Gasteiger partial charge in [0.15, 0.2) is 0 Å². The molecule has 1 aromatic heterocycles. The van der Waals surface area contributed by atoms with Gasteiger partial charge in [-0.15, -0.1) is 0 Å². The molecule has 0 radical (unpaired) electrons. The predicted octanol–water partition coefficient (Wildman–Crippen LogP) is 1.45. The van der Waals surface area contributed by atoms with E-state index in [-0.39, 0.29) is 0 Å². The number of carboxylic acids is 1. The molecule has 1 aromatic rings. The van der Waals surface area contributed by atoms with Gasteiger partial charge in [0.05, 0.1) is 0 Å². The third kappa shape index (κ3) is 1.35. The SMILES string of the molecule is O=C(O)[C@H]1[C@H](c2cncnc2)C1(Cl)Cl. The van der Waals surface area contributed by atoms with Gasteiger partial charge in [0.1, 0.15) is 16.6 Å². The number of carboxylic acid groups (broad SMARTS) is 1. The van der Waals surface area contributed by atoms with Crippen molar-refractivity contribution in [2.24, 2.45) is 5.92 Å². The summed E-state index contributed by atoms with van der Waals surface area (Å²) in [5.74, 6) is -2.18. The van der Waals surface area contributed by atoms with Crippen LogP contribution in [0.15, 0.2) is 18.7 Å². The van der Waals surface area contributed by atoms with Gasteiger partial charge in [0, 0.05) is 18.3 Å². The Bertz CT molecular complexity index is 369. The van der Waals surface area contributed by atoms with Crippen LogP contribution in [0.5, 0.6) is 0 Å². The molecule has 4 nitrogen and oxygen atoms in total. The minimum absolute atomic E-state index is 0.412. The van der Waals surface area contributed by atoms with E-state index in [2.05, 4.69) is 9.97 Å². The van der Waals surface area contributed by atoms with Gasteiger partial charge in [-0.05, 0) is 5.56 Å². The van der Waals surface area contributed by atoms with Crippen LogP contribution in [0.3, 0.4) is 0 Å². The topological polar surface area (TPSA) is 63.1 Å². The van der Waals surface area contributed by atoms with Crippen LogP contribution in [0.25, 0.3) is 0 Å². The minimum atomic E-state index is -1.23. The van der Waals surface area contributed by atoms with Crippen molar-refractivity contribution < 1.29 is 9.90 Å². The maximum atomic E-state index is 10.8. The second-order valence-electron chi connectivity index (χ2n) is 3.14. The van der Waals surface area contributed by atoms with E-state index in [4.69, 9.17) is 28.3 Å². The molecule has 6 heteroatoms. The molecule has 14 heavy (non-hydrogen) atoms. The van der Waals surface area contributed by atoms with E-state index < -0.39 is 22.1 Å². The number of aliphatic carboxylic acids is 1. The van der Waals surface area contributed by atoms with Crippen molar-refractivity contribution >= 4 is 29.2 Å². The first-order chi connectivity index (χ1) is 6.55. The van der Waals surface area contributed by atoms with E-state index in [9.17, 15) is 4.79 Å². The standard InChI is InChI=1S/C8H6Cl2N2O2/c9-8(10)5(6(8)7(13)14)4-1-11-3-12-2-4/h1-3,5-6H,(H,13,14)/t5-,6+/m0/s1. The van der Waals surface area contributed by atoms with E-state index in [1.807, 2.05) is 0 Å². The van der Waals surface area contributed by atoms with Crippen LogP contribution in [0, 0.1) is 5.92 Å². The molecule has 0 amide bonds. The van der Waals surface area contributed by atoms with Gasteiger partial charge in [-0.2, -0.15) is 0 Å². The van der Waals surface area contributed by atoms with Gasteiger partial charge in [0.2, 0.25) is 0 Å². The molecule has 0 aliphatic heterocycles. The summed E-state index contributed by atoms with van der Waals surface area (Å²) in [5, 5.41) is 8.81. The molecule has 2 rings (SSSR count). The predicted molar refractivity (Wildman–Crippen MR) is 50.3 cm³/mol. The van der Waals surface area contributed by atoms with Crippen molar-refractivity contribution in [1.29, 1.82) is 0 Å². The molecule has 1 aliphatic carbocycles. The number of halogens is 2. The fourth-order valence-corrected chi connectivity index (χ4v) is 2.34. The normalized spacial score (nSPS) is 28.4. The monoisotopic (exact) mass is 232 g/mol. The molecule has 1 heterocycles. The number of carbonyl (C=O) groups is 1. The lowest BCUT2D eigenvalue weighted by Crippen LogP contribution is -2.03. The lowest BCUT2D eigenvalue weighted by molar-refractivity contribution is -0.138. The van der Waals surface area contributed by atoms with E-state index in [0.29, 0.717) is 5.56 Å². The van der Waals surface area contributed by atoms with Gasteiger partial charge >= 0.3 is 5.97 Å². The number of aromatic nitrogens is 2. The summed E-state index contributed by atoms with van der Waals surface area (Å²) in [5.41, 5.74) is 0.657. The first kappa shape index (κ1) is 9.68. The van der Waals surface area contributed by atoms with E-state index >= 15 is 0 Å². The third-order valence-electron chi connectivity index (χ3n) is 2.26. The van der Waals surface area contributed by atoms with Crippen LogP contribution in [0.2, 0.25) is 0 Å². The summed E-state index contributed by atoms with van der Waals surface area (Å²) >= 11 is 11.7. The van der Waals surface area contributed by atoms with Crippen molar-refractivity contribution in [1.82, 2.24) is 9.97 Å². The molecule has 74 valence electrons. The van der Waals surface area contributed by atoms with Crippen molar-refractivity contribution in [3.8, 4) is 0 Å². The molecular weight excluding hydrogens is 227 g/mol. The van der Waals surface area contributed by atoms with Crippen LogP contribution >= 0.6 is 23.2 Å². The van der Waals surface area contributed by atoms with Crippen molar-refractivity contribution in [2.45, 2.75) is 10.3 Å². The van der Waals surface area contributed by atoms with Crippen LogP contribution < -0.4 is 0 Å². The number of nitrogens with zero attached hydrogens (tertiary/aromatic N) is 2. The van der Waals surface area contributed by atoms with E-state index in [1.165, 1.54) is 18.7 Å². The molecule has 1 N–H and O–H groups in total. The van der Waals surface area contributed by atoms with Gasteiger partial charge < -0.3 is 5.11 Å². The molecule has 0 bridgehead atoms. The van der Waals surface area contributed by atoms with Gasteiger partial charge in [-0.1, -0.05) is 23.2 Å². The second-order valence-corrected chi connectivity index (χ2v) is 4.58. The Morgan fingerprint density at radius 3 is 2.43 bits per heavy atom. The Hall–Kier alpha value is -0.870. The van der Waals surface area contributed by atoms with Crippen molar-refractivity contribution in [2.75, 3.05) is 0 Å². The zero-order valence-corrected chi connectivity index (χ0v) is 8.40. The van der Waals surface area contributed by atoms with Crippen LogP contribution in [-0.2, 0) is 4.79 Å². The Morgan fingerprint density at radius 2 is 2.00 bits per heavy atom. The van der Waals surface area contributed by atoms with Gasteiger partial charge in [0.25, 0.3) is 0 Å². The summed E-state index contributed by atoms with van der Waals surface area (Å²) in [6.07, 6.45) is 4.42. The smallest absolute Gasteiger partial charge is 0.310 e. The number of rotatable bonds is 2. The van der Waals surface area contributed by atoms with Crippen molar-refractivity contribution in [3.05, 3.63) is 24.3 Å². The summed E-state index contributed by atoms with van der Waals surface area (Å²) in [7, 11) is 0. The summed E-state index contributed by atoms with van der Waals surface area (Å²) in [6.45, 7) is 0. The van der Waals surface area contributed by atoms with E-state index in [1.54, 1.807) is 0 Å². The number of hydrogen-bond acceptors (Lipinski definition) is 3. The first-order valence-corrected chi connectivity index (χ1v) is 4.66. The highest BCUT2D eigenvalue weighted by Gasteiger charge is 2.68. The minimum Gasteiger partial charge on any atom is -0.481 e. The quantitative estimate of drug-likeness (QED) is 0.785. The lowest BCUT2D eigenvalue weighted by atomic mass is 10.2. The maximum Gasteiger partial charge on any atom is 0.310 e. The zero-order chi connectivity index (χ0) is 10.3. The van der Waals surface area contributed by atoms with Gasteiger partial charge in [-0.25, -0.2) is 9.97 Å². The first-order valence-electron chi connectivity index (χ1n) is 3.90. The summed E-state index contributed by atoms with van der Waals surface area (Å²) in [4.78, 5) is 18.3. The molecule has 1 saturated carbocycles. The third-order valence-corrected chi connectivity index (χ3v) is 3.20. The maximum absolute atomic E-state index is 10.8. The fraction of sp³-hybridized carbons (Fsp3) is 0.375. The Labute approximate surface area is 89.9 Å². The van der Waals surface area contributed by atoms with E-state index in [0.717, 1.165) is 0 Å². The second kappa shape index (κ2) is 3.07. The Balaban J connectivity index is 2.28. The fourth-order valence-electron chi connectivity index (χ4n) is 1.52. The highest BCUT2D eigenvalue weighted by atomic mass is 35.5. The van der Waals surface area contributed by atoms with Crippen LogP contribution in [0.1, 0.15) is 11.5 Å². The summed E-state index contributed by atoms with van der Waals surface area (Å²) < 4.78 is -1.23. The average molecular weight is 233 g/mol. The molecule has 0 aromatic carbocycles. The molecule has 2 atom stereocenters. The largest absolute Gasteiger partial charge is 0.481 e. The van der Waals surface area contributed by atoms with Crippen LogP contribution in [-0.4, -0.2) is 25.4 Å². The van der Waals surface area contributed by atoms with Gasteiger partial charge in [-0.3, -0.25) is 4.79 Å². The molecule has 1 fully saturated rings. The molecular formula is C8H6Cl2N2O2. The molecule has 0 saturated heterocycles. The average Bonchev–Trinajstić information content (AvgIpc) is 2.71. The molecule has 0 spiro atoms. The number of hydrogen-bond donors (Lipinski definition) is 1. The Kier molecular flexibility index (Phi) is 2.12. The zero-order valence-electron chi connectivity index (χ0n) is 6.89. The number of alkyl halides is 2. The molecule has 1 aliphatic rings.